The topological polar surface area (TPSA) is 42.4 Å². The molecule has 1 heterocycles. The number of rotatable bonds is 5. The summed E-state index contributed by atoms with van der Waals surface area (Å²) in [6.07, 6.45) is 8.54. The Labute approximate surface area is 90.1 Å². The van der Waals surface area contributed by atoms with E-state index in [0.29, 0.717) is 0 Å². The van der Waals surface area contributed by atoms with Crippen LogP contribution in [0.4, 0.5) is 0 Å². The number of ether oxygens (including phenoxy) is 1. The fraction of sp³-hybridized carbons (Fsp3) is 0.583. The number of hydrogen-bond donors (Lipinski definition) is 1. The first-order chi connectivity index (χ1) is 7.40. The molecule has 3 heteroatoms. The summed E-state index contributed by atoms with van der Waals surface area (Å²) in [5.74, 6) is 1.58. The van der Waals surface area contributed by atoms with Gasteiger partial charge in [0.2, 0.25) is 0 Å². The summed E-state index contributed by atoms with van der Waals surface area (Å²) < 4.78 is 5.61. The molecular formula is C12H17NO2. The first-order valence-electron chi connectivity index (χ1n) is 5.56. The van der Waals surface area contributed by atoms with Crippen LogP contribution in [0, 0.1) is 5.92 Å². The maximum Gasteiger partial charge on any atom is 0.143 e. The molecule has 0 spiro atoms. The Bertz CT molecular complexity index is 310. The fourth-order valence-electron chi connectivity index (χ4n) is 1.79. The van der Waals surface area contributed by atoms with Crippen molar-refractivity contribution in [3.63, 3.8) is 0 Å². The van der Waals surface area contributed by atoms with Crippen LogP contribution in [-0.2, 0) is 6.61 Å². The van der Waals surface area contributed by atoms with E-state index >= 15 is 0 Å². The third kappa shape index (κ3) is 2.69. The fourth-order valence-corrected chi connectivity index (χ4v) is 1.79. The average molecular weight is 207 g/mol. The molecule has 1 aliphatic rings. The summed E-state index contributed by atoms with van der Waals surface area (Å²) in [6, 6.07) is 1.79. The zero-order valence-corrected chi connectivity index (χ0v) is 8.85. The molecule has 1 aromatic heterocycles. The zero-order valence-electron chi connectivity index (χ0n) is 8.85. The van der Waals surface area contributed by atoms with Crippen molar-refractivity contribution in [1.82, 2.24) is 4.98 Å². The van der Waals surface area contributed by atoms with Crippen molar-refractivity contribution in [2.75, 3.05) is 6.61 Å². The van der Waals surface area contributed by atoms with E-state index in [4.69, 9.17) is 9.84 Å². The summed E-state index contributed by atoms with van der Waals surface area (Å²) in [5.41, 5.74) is 0.818. The number of aliphatic hydroxyl groups is 1. The molecule has 1 saturated carbocycles. The largest absolute Gasteiger partial charge is 0.492 e. The number of aliphatic hydroxyl groups excluding tert-OH is 1. The second-order valence-electron chi connectivity index (χ2n) is 4.08. The molecule has 2 rings (SSSR count). The van der Waals surface area contributed by atoms with Gasteiger partial charge in [-0.25, -0.2) is 0 Å². The molecule has 1 aromatic rings. The van der Waals surface area contributed by atoms with Gasteiger partial charge in [0.1, 0.15) is 5.75 Å². The molecule has 0 bridgehead atoms. The first-order valence-corrected chi connectivity index (χ1v) is 5.56. The van der Waals surface area contributed by atoms with Crippen molar-refractivity contribution >= 4 is 0 Å². The maximum atomic E-state index is 9.08. The molecule has 82 valence electrons. The van der Waals surface area contributed by atoms with Crippen molar-refractivity contribution in [1.29, 1.82) is 0 Å². The van der Waals surface area contributed by atoms with Gasteiger partial charge in [0.05, 0.1) is 19.4 Å². The van der Waals surface area contributed by atoms with E-state index in [1.807, 2.05) is 0 Å². The molecule has 0 radical (unpaired) electrons. The Kier molecular flexibility index (Phi) is 3.56. The minimum absolute atomic E-state index is 0.0152. The second-order valence-corrected chi connectivity index (χ2v) is 4.08. The van der Waals surface area contributed by atoms with E-state index in [0.717, 1.165) is 30.3 Å². The van der Waals surface area contributed by atoms with Gasteiger partial charge < -0.3 is 9.84 Å². The Morgan fingerprint density at radius 1 is 1.47 bits per heavy atom. The number of aromatic nitrogens is 1. The van der Waals surface area contributed by atoms with Gasteiger partial charge in [-0.05, 0) is 18.4 Å². The highest BCUT2D eigenvalue weighted by atomic mass is 16.5. The van der Waals surface area contributed by atoms with Crippen molar-refractivity contribution in [3.05, 3.63) is 24.0 Å². The van der Waals surface area contributed by atoms with Crippen LogP contribution >= 0.6 is 0 Å². The lowest BCUT2D eigenvalue weighted by Crippen LogP contribution is -2.14. The molecule has 1 N–H and O–H groups in total. The van der Waals surface area contributed by atoms with Gasteiger partial charge in [-0.2, -0.15) is 0 Å². The third-order valence-electron chi connectivity index (χ3n) is 3.05. The molecule has 3 nitrogen and oxygen atoms in total. The minimum Gasteiger partial charge on any atom is -0.492 e. The van der Waals surface area contributed by atoms with Gasteiger partial charge in [0, 0.05) is 11.8 Å². The Morgan fingerprint density at radius 2 is 2.33 bits per heavy atom. The molecule has 0 aromatic carbocycles. The van der Waals surface area contributed by atoms with E-state index in [1.54, 1.807) is 18.5 Å². The summed E-state index contributed by atoms with van der Waals surface area (Å²) in [7, 11) is 0. The number of pyridine rings is 1. The summed E-state index contributed by atoms with van der Waals surface area (Å²) in [4.78, 5) is 3.99. The van der Waals surface area contributed by atoms with Crippen molar-refractivity contribution in [2.45, 2.75) is 32.3 Å². The van der Waals surface area contributed by atoms with Crippen molar-refractivity contribution in [2.24, 2.45) is 5.92 Å². The molecule has 0 saturated heterocycles. The van der Waals surface area contributed by atoms with E-state index < -0.39 is 0 Å². The van der Waals surface area contributed by atoms with Crippen molar-refractivity contribution < 1.29 is 9.84 Å². The highest BCUT2D eigenvalue weighted by molar-refractivity contribution is 5.28. The van der Waals surface area contributed by atoms with Gasteiger partial charge in [-0.15, -0.1) is 0 Å². The molecule has 15 heavy (non-hydrogen) atoms. The molecule has 1 aliphatic carbocycles. The number of nitrogens with zero attached hydrogens (tertiary/aromatic N) is 1. The number of hydrogen-bond acceptors (Lipinski definition) is 3. The Morgan fingerprint density at radius 3 is 3.00 bits per heavy atom. The summed E-state index contributed by atoms with van der Waals surface area (Å²) in [6.45, 7) is 0.755. The predicted octanol–water partition coefficient (Wildman–Crippen LogP) is 2.14. The van der Waals surface area contributed by atoms with Crippen LogP contribution in [0.1, 0.15) is 31.2 Å². The molecule has 1 fully saturated rings. The van der Waals surface area contributed by atoms with Crippen LogP contribution in [-0.4, -0.2) is 16.7 Å². The molecule has 0 aliphatic heterocycles. The lowest BCUT2D eigenvalue weighted by molar-refractivity contribution is 0.214. The van der Waals surface area contributed by atoms with Crippen LogP contribution in [0.2, 0.25) is 0 Å². The van der Waals surface area contributed by atoms with Crippen LogP contribution in [0.15, 0.2) is 18.5 Å². The molecule has 0 atom stereocenters. The zero-order chi connectivity index (χ0) is 10.5. The third-order valence-corrected chi connectivity index (χ3v) is 3.05. The monoisotopic (exact) mass is 207 g/mol. The SMILES string of the molecule is OCc1ccncc1OCCC1CCC1. The van der Waals surface area contributed by atoms with Crippen LogP contribution in [0.3, 0.4) is 0 Å². The maximum absolute atomic E-state index is 9.08. The second kappa shape index (κ2) is 5.12. The Balaban J connectivity index is 1.81. The van der Waals surface area contributed by atoms with E-state index in [1.165, 1.54) is 19.3 Å². The summed E-state index contributed by atoms with van der Waals surface area (Å²) in [5, 5.41) is 9.08. The summed E-state index contributed by atoms with van der Waals surface area (Å²) >= 11 is 0. The normalized spacial score (nSPS) is 16.1. The molecule has 0 amide bonds. The highest BCUT2D eigenvalue weighted by Crippen LogP contribution is 2.29. The van der Waals surface area contributed by atoms with Crippen molar-refractivity contribution in [3.8, 4) is 5.75 Å². The smallest absolute Gasteiger partial charge is 0.143 e. The van der Waals surface area contributed by atoms with Crippen LogP contribution < -0.4 is 4.74 Å². The van der Waals surface area contributed by atoms with E-state index in [2.05, 4.69) is 4.98 Å². The standard InChI is InChI=1S/C12H17NO2/c14-9-11-4-6-13-8-12(11)15-7-5-10-2-1-3-10/h4,6,8,10,14H,1-3,5,7,9H2. The van der Waals surface area contributed by atoms with E-state index in [9.17, 15) is 0 Å². The first kappa shape index (κ1) is 10.4. The van der Waals surface area contributed by atoms with Gasteiger partial charge in [-0.1, -0.05) is 19.3 Å². The molecule has 0 unspecified atom stereocenters. The van der Waals surface area contributed by atoms with Gasteiger partial charge in [0.15, 0.2) is 0 Å². The lowest BCUT2D eigenvalue weighted by atomic mass is 9.83. The van der Waals surface area contributed by atoms with E-state index in [-0.39, 0.29) is 6.61 Å². The van der Waals surface area contributed by atoms with Crippen LogP contribution in [0.25, 0.3) is 0 Å². The predicted molar refractivity (Wildman–Crippen MR) is 57.6 cm³/mol. The van der Waals surface area contributed by atoms with Crippen LogP contribution in [0.5, 0.6) is 5.75 Å². The highest BCUT2D eigenvalue weighted by Gasteiger charge is 2.17. The van der Waals surface area contributed by atoms with Gasteiger partial charge in [0.25, 0.3) is 0 Å². The lowest BCUT2D eigenvalue weighted by Gasteiger charge is -2.25. The van der Waals surface area contributed by atoms with Gasteiger partial charge >= 0.3 is 0 Å². The molecular weight excluding hydrogens is 190 g/mol. The van der Waals surface area contributed by atoms with Gasteiger partial charge in [-0.3, -0.25) is 4.98 Å². The average Bonchev–Trinajstić information content (AvgIpc) is 2.22. The minimum atomic E-state index is 0.0152. The quantitative estimate of drug-likeness (QED) is 0.804. The Hall–Kier alpha value is -1.09.